The summed E-state index contributed by atoms with van der Waals surface area (Å²) in [6.45, 7) is 8.21. The fourth-order valence-corrected chi connectivity index (χ4v) is 2.19. The zero-order chi connectivity index (χ0) is 12.3. The van der Waals surface area contributed by atoms with E-state index < -0.39 is 0 Å². The van der Waals surface area contributed by atoms with E-state index in [1.54, 1.807) is 6.33 Å². The highest BCUT2D eigenvalue weighted by Gasteiger charge is 2.03. The van der Waals surface area contributed by atoms with Gasteiger partial charge in [-0.2, -0.15) is 0 Å². The van der Waals surface area contributed by atoms with Gasteiger partial charge in [0, 0.05) is 25.0 Å². The van der Waals surface area contributed by atoms with Crippen LogP contribution in [0.15, 0.2) is 24.7 Å². The topological polar surface area (TPSA) is 40.7 Å². The van der Waals surface area contributed by atoms with Gasteiger partial charge in [-0.15, -0.1) is 0 Å². The summed E-state index contributed by atoms with van der Waals surface area (Å²) < 4.78 is 0. The summed E-state index contributed by atoms with van der Waals surface area (Å²) in [6.07, 6.45) is 3.56. The number of aromatic amines is 1. The molecule has 0 aliphatic rings. The van der Waals surface area contributed by atoms with Crippen LogP contribution in [0.4, 0.5) is 0 Å². The first kappa shape index (κ1) is 11.9. The summed E-state index contributed by atoms with van der Waals surface area (Å²) in [5.41, 5.74) is 6.57. The lowest BCUT2D eigenvalue weighted by atomic mass is 10.00. The minimum Gasteiger partial charge on any atom is -0.347 e. The van der Waals surface area contributed by atoms with Gasteiger partial charge in [0.2, 0.25) is 0 Å². The molecule has 1 heterocycles. The molecule has 0 radical (unpaired) electrons. The Labute approximate surface area is 102 Å². The highest BCUT2D eigenvalue weighted by atomic mass is 14.9. The number of nitrogens with one attached hydrogen (secondary N) is 2. The Morgan fingerprint density at radius 3 is 2.41 bits per heavy atom. The van der Waals surface area contributed by atoms with Gasteiger partial charge in [0.25, 0.3) is 0 Å². The van der Waals surface area contributed by atoms with Crippen molar-refractivity contribution in [2.75, 3.05) is 0 Å². The van der Waals surface area contributed by atoms with Crippen LogP contribution in [0.5, 0.6) is 0 Å². The molecule has 1 aromatic heterocycles. The molecule has 0 bridgehead atoms. The standard InChI is InChI=1S/C14H19N3/c1-10-4-11(2)14(12(3)5-10)8-15-6-13-7-16-9-17-13/h4-5,7,9,15H,6,8H2,1-3H3,(H,16,17). The quantitative estimate of drug-likeness (QED) is 0.846. The molecule has 0 fully saturated rings. The Hall–Kier alpha value is -1.61. The third kappa shape index (κ3) is 2.94. The molecular formula is C14H19N3. The molecule has 90 valence electrons. The number of benzene rings is 1. The van der Waals surface area contributed by atoms with Crippen molar-refractivity contribution >= 4 is 0 Å². The van der Waals surface area contributed by atoms with Gasteiger partial charge in [0.05, 0.1) is 6.33 Å². The molecule has 3 nitrogen and oxygen atoms in total. The zero-order valence-electron chi connectivity index (χ0n) is 10.7. The molecule has 0 saturated heterocycles. The average molecular weight is 229 g/mol. The van der Waals surface area contributed by atoms with Gasteiger partial charge in [-0.05, 0) is 37.5 Å². The number of hydrogen-bond acceptors (Lipinski definition) is 2. The van der Waals surface area contributed by atoms with Gasteiger partial charge in [0.1, 0.15) is 0 Å². The maximum absolute atomic E-state index is 4.00. The summed E-state index contributed by atoms with van der Waals surface area (Å²) in [5.74, 6) is 0. The maximum Gasteiger partial charge on any atom is 0.0922 e. The Kier molecular flexibility index (Phi) is 3.59. The van der Waals surface area contributed by atoms with Crippen LogP contribution in [0.2, 0.25) is 0 Å². The predicted octanol–water partition coefficient (Wildman–Crippen LogP) is 2.62. The van der Waals surface area contributed by atoms with E-state index in [0.29, 0.717) is 0 Å². The summed E-state index contributed by atoms with van der Waals surface area (Å²) in [4.78, 5) is 7.09. The molecule has 17 heavy (non-hydrogen) atoms. The van der Waals surface area contributed by atoms with Crippen LogP contribution < -0.4 is 5.32 Å². The van der Waals surface area contributed by atoms with E-state index in [-0.39, 0.29) is 0 Å². The molecule has 0 aliphatic heterocycles. The minimum absolute atomic E-state index is 0.826. The number of hydrogen-bond donors (Lipinski definition) is 2. The number of aromatic nitrogens is 2. The van der Waals surface area contributed by atoms with Crippen molar-refractivity contribution in [2.24, 2.45) is 0 Å². The fourth-order valence-electron chi connectivity index (χ4n) is 2.19. The first-order valence-corrected chi connectivity index (χ1v) is 5.91. The molecule has 0 aliphatic carbocycles. The lowest BCUT2D eigenvalue weighted by Crippen LogP contribution is -2.14. The lowest BCUT2D eigenvalue weighted by Gasteiger charge is -2.11. The number of aryl methyl sites for hydroxylation is 3. The SMILES string of the molecule is Cc1cc(C)c(CNCc2cnc[nH]2)c(C)c1. The molecule has 0 atom stereocenters. The number of nitrogens with zero attached hydrogens (tertiary/aromatic N) is 1. The molecule has 3 heteroatoms. The molecular weight excluding hydrogens is 210 g/mol. The first-order chi connectivity index (χ1) is 8.16. The fraction of sp³-hybridized carbons (Fsp3) is 0.357. The van der Waals surface area contributed by atoms with Crippen molar-refractivity contribution in [1.29, 1.82) is 0 Å². The van der Waals surface area contributed by atoms with Crippen LogP contribution in [0.3, 0.4) is 0 Å². The highest BCUT2D eigenvalue weighted by Crippen LogP contribution is 2.16. The first-order valence-electron chi connectivity index (χ1n) is 5.91. The van der Waals surface area contributed by atoms with Crippen LogP contribution in [0.25, 0.3) is 0 Å². The second-order valence-electron chi connectivity index (χ2n) is 4.56. The van der Waals surface area contributed by atoms with Gasteiger partial charge < -0.3 is 10.3 Å². The Balaban J connectivity index is 1.99. The van der Waals surface area contributed by atoms with Gasteiger partial charge in [-0.1, -0.05) is 17.7 Å². The van der Waals surface area contributed by atoms with Crippen molar-refractivity contribution in [3.63, 3.8) is 0 Å². The van der Waals surface area contributed by atoms with E-state index in [2.05, 4.69) is 48.2 Å². The lowest BCUT2D eigenvalue weighted by molar-refractivity contribution is 0.677. The maximum atomic E-state index is 4.00. The summed E-state index contributed by atoms with van der Waals surface area (Å²) in [7, 11) is 0. The third-order valence-corrected chi connectivity index (χ3v) is 3.01. The van der Waals surface area contributed by atoms with E-state index in [9.17, 15) is 0 Å². The van der Waals surface area contributed by atoms with Crippen molar-refractivity contribution in [2.45, 2.75) is 33.9 Å². The minimum atomic E-state index is 0.826. The molecule has 0 saturated carbocycles. The van der Waals surface area contributed by atoms with E-state index in [1.807, 2.05) is 6.20 Å². The van der Waals surface area contributed by atoms with Crippen LogP contribution in [-0.2, 0) is 13.1 Å². The molecule has 2 N–H and O–H groups in total. The summed E-state index contributed by atoms with van der Waals surface area (Å²) in [5, 5.41) is 3.43. The molecule has 0 spiro atoms. The Morgan fingerprint density at radius 1 is 1.12 bits per heavy atom. The van der Waals surface area contributed by atoms with Gasteiger partial charge in [-0.25, -0.2) is 4.98 Å². The summed E-state index contributed by atoms with van der Waals surface area (Å²) >= 11 is 0. The van der Waals surface area contributed by atoms with E-state index in [4.69, 9.17) is 0 Å². The van der Waals surface area contributed by atoms with Crippen molar-refractivity contribution < 1.29 is 0 Å². The van der Waals surface area contributed by atoms with Gasteiger partial charge in [0.15, 0.2) is 0 Å². The van der Waals surface area contributed by atoms with Gasteiger partial charge in [-0.3, -0.25) is 0 Å². The second kappa shape index (κ2) is 5.15. The van der Waals surface area contributed by atoms with Crippen LogP contribution in [-0.4, -0.2) is 9.97 Å². The average Bonchev–Trinajstić information content (AvgIpc) is 2.74. The van der Waals surface area contributed by atoms with Crippen LogP contribution >= 0.6 is 0 Å². The largest absolute Gasteiger partial charge is 0.347 e. The van der Waals surface area contributed by atoms with E-state index in [0.717, 1.165) is 18.8 Å². The van der Waals surface area contributed by atoms with E-state index >= 15 is 0 Å². The number of rotatable bonds is 4. The predicted molar refractivity (Wildman–Crippen MR) is 69.8 cm³/mol. The number of imidazole rings is 1. The van der Waals surface area contributed by atoms with Crippen LogP contribution in [0.1, 0.15) is 27.9 Å². The van der Waals surface area contributed by atoms with Gasteiger partial charge >= 0.3 is 0 Å². The molecule has 2 aromatic rings. The summed E-state index contributed by atoms with van der Waals surface area (Å²) in [6, 6.07) is 4.47. The second-order valence-corrected chi connectivity index (χ2v) is 4.56. The van der Waals surface area contributed by atoms with Crippen molar-refractivity contribution in [3.8, 4) is 0 Å². The Bertz CT molecular complexity index is 463. The monoisotopic (exact) mass is 229 g/mol. The molecule has 0 amide bonds. The molecule has 2 rings (SSSR count). The zero-order valence-corrected chi connectivity index (χ0v) is 10.7. The highest BCUT2D eigenvalue weighted by molar-refractivity contribution is 5.37. The van der Waals surface area contributed by atoms with Crippen LogP contribution in [0, 0.1) is 20.8 Å². The van der Waals surface area contributed by atoms with Crippen molar-refractivity contribution in [1.82, 2.24) is 15.3 Å². The van der Waals surface area contributed by atoms with E-state index in [1.165, 1.54) is 22.3 Å². The van der Waals surface area contributed by atoms with Crippen molar-refractivity contribution in [3.05, 3.63) is 52.6 Å². The smallest absolute Gasteiger partial charge is 0.0922 e. The molecule has 1 aromatic carbocycles. The molecule has 0 unspecified atom stereocenters. The Morgan fingerprint density at radius 2 is 1.82 bits per heavy atom. The number of H-pyrrole nitrogens is 1. The third-order valence-electron chi connectivity index (χ3n) is 3.01. The normalized spacial score (nSPS) is 10.8.